The number of rotatable bonds is 2. The Morgan fingerprint density at radius 2 is 2.36 bits per heavy atom. The molecule has 0 aromatic carbocycles. The smallest absolute Gasteiger partial charge is 0.243 e. The number of thiophene rings is 1. The summed E-state index contributed by atoms with van der Waals surface area (Å²) in [7, 11) is 0. The van der Waals surface area contributed by atoms with E-state index in [-0.39, 0.29) is 0 Å². The predicted octanol–water partition coefficient (Wildman–Crippen LogP) is 1.82. The summed E-state index contributed by atoms with van der Waals surface area (Å²) >= 11 is 6.71. The Labute approximate surface area is 74.0 Å². The summed E-state index contributed by atoms with van der Waals surface area (Å²) in [6.45, 7) is 1.96. The van der Waals surface area contributed by atoms with Gasteiger partial charge in [0.25, 0.3) is 0 Å². The van der Waals surface area contributed by atoms with Gasteiger partial charge in [-0.25, -0.2) is 0 Å². The fourth-order valence-electron chi connectivity index (χ4n) is 0.732. The van der Waals surface area contributed by atoms with Crippen LogP contribution in [-0.2, 0) is 4.79 Å². The van der Waals surface area contributed by atoms with Gasteiger partial charge in [0.15, 0.2) is 0 Å². The number of hydrogen-bond acceptors (Lipinski definition) is 3. The first-order valence-corrected chi connectivity index (χ1v) is 4.32. The summed E-state index contributed by atoms with van der Waals surface area (Å²) in [6.07, 6.45) is 0. The van der Waals surface area contributed by atoms with Gasteiger partial charge in [-0.1, -0.05) is 0 Å². The van der Waals surface area contributed by atoms with Crippen LogP contribution < -0.4 is 5.73 Å². The molecule has 2 N–H and O–H groups in total. The monoisotopic (exact) mass is 189 g/mol. The second kappa shape index (κ2) is 3.34. The molecule has 1 atom stereocenters. The van der Waals surface area contributed by atoms with Crippen molar-refractivity contribution >= 4 is 28.2 Å². The second-order valence-electron chi connectivity index (χ2n) is 2.23. The zero-order valence-electron chi connectivity index (χ0n) is 6.00. The Balaban J connectivity index is 2.84. The van der Waals surface area contributed by atoms with Crippen molar-refractivity contribution in [1.29, 1.82) is 0 Å². The molecule has 0 bridgehead atoms. The van der Waals surface area contributed by atoms with E-state index in [2.05, 4.69) is 0 Å². The first-order valence-electron chi connectivity index (χ1n) is 3.12. The van der Waals surface area contributed by atoms with E-state index in [4.69, 9.17) is 17.3 Å². The SMILES string of the molecule is Cc1ccc(C(N)C(=O)Cl)s1. The van der Waals surface area contributed by atoms with Crippen molar-refractivity contribution in [2.75, 3.05) is 0 Å². The third-order valence-corrected chi connectivity index (χ3v) is 2.63. The molecule has 60 valence electrons. The van der Waals surface area contributed by atoms with Crippen molar-refractivity contribution in [3.8, 4) is 0 Å². The zero-order chi connectivity index (χ0) is 8.43. The summed E-state index contributed by atoms with van der Waals surface area (Å²) in [5, 5.41) is -0.508. The zero-order valence-corrected chi connectivity index (χ0v) is 7.58. The van der Waals surface area contributed by atoms with Crippen LogP contribution in [0.25, 0.3) is 0 Å². The van der Waals surface area contributed by atoms with Crippen molar-refractivity contribution in [1.82, 2.24) is 0 Å². The molecule has 1 rings (SSSR count). The van der Waals surface area contributed by atoms with Gasteiger partial charge in [-0.15, -0.1) is 11.3 Å². The van der Waals surface area contributed by atoms with E-state index in [1.807, 2.05) is 19.1 Å². The molecular weight excluding hydrogens is 182 g/mol. The van der Waals surface area contributed by atoms with Crippen LogP contribution in [0.1, 0.15) is 15.8 Å². The fourth-order valence-corrected chi connectivity index (χ4v) is 1.79. The van der Waals surface area contributed by atoms with Crippen LogP contribution in [0, 0.1) is 6.92 Å². The van der Waals surface area contributed by atoms with Crippen molar-refractivity contribution < 1.29 is 4.79 Å². The number of carbonyl (C=O) groups is 1. The Morgan fingerprint density at radius 3 is 2.73 bits per heavy atom. The predicted molar refractivity (Wildman–Crippen MR) is 46.8 cm³/mol. The average Bonchev–Trinajstić information content (AvgIpc) is 2.34. The summed E-state index contributed by atoms with van der Waals surface area (Å²) < 4.78 is 0. The van der Waals surface area contributed by atoms with E-state index in [1.165, 1.54) is 11.3 Å². The van der Waals surface area contributed by atoms with E-state index in [0.29, 0.717) is 0 Å². The molecule has 0 saturated carbocycles. The molecule has 0 aliphatic rings. The number of carbonyl (C=O) groups excluding carboxylic acids is 1. The molecule has 1 aromatic rings. The van der Waals surface area contributed by atoms with Crippen molar-refractivity contribution in [2.24, 2.45) is 5.73 Å². The molecule has 4 heteroatoms. The van der Waals surface area contributed by atoms with Crippen LogP contribution in [0.4, 0.5) is 0 Å². The molecule has 1 aromatic heterocycles. The Bertz CT molecular complexity index is 271. The molecule has 0 fully saturated rings. The molecule has 11 heavy (non-hydrogen) atoms. The maximum atomic E-state index is 10.6. The highest BCUT2D eigenvalue weighted by Crippen LogP contribution is 2.22. The minimum atomic E-state index is -0.657. The topological polar surface area (TPSA) is 43.1 Å². The standard InChI is InChI=1S/C7H8ClNOS/c1-4-2-3-5(11-4)6(9)7(8)10/h2-3,6H,9H2,1H3. The maximum absolute atomic E-state index is 10.6. The summed E-state index contributed by atoms with van der Waals surface area (Å²) in [6, 6.07) is 3.08. The third-order valence-electron chi connectivity index (χ3n) is 1.31. The molecule has 2 nitrogen and oxygen atoms in total. The lowest BCUT2D eigenvalue weighted by Gasteiger charge is -2.00. The van der Waals surface area contributed by atoms with Gasteiger partial charge in [-0.05, 0) is 30.7 Å². The van der Waals surface area contributed by atoms with Crippen molar-refractivity contribution in [3.63, 3.8) is 0 Å². The lowest BCUT2D eigenvalue weighted by atomic mass is 10.3. The van der Waals surface area contributed by atoms with Gasteiger partial charge in [0, 0.05) is 9.75 Å². The fraction of sp³-hybridized carbons (Fsp3) is 0.286. The molecule has 0 amide bonds. The van der Waals surface area contributed by atoms with Gasteiger partial charge < -0.3 is 5.73 Å². The first kappa shape index (κ1) is 8.71. The highest BCUT2D eigenvalue weighted by atomic mass is 35.5. The molecule has 1 heterocycles. The molecular formula is C7H8ClNOS. The summed E-state index contributed by atoms with van der Waals surface area (Å²) in [4.78, 5) is 12.6. The van der Waals surface area contributed by atoms with E-state index >= 15 is 0 Å². The van der Waals surface area contributed by atoms with Crippen LogP contribution in [0.3, 0.4) is 0 Å². The Kier molecular flexibility index (Phi) is 2.65. The van der Waals surface area contributed by atoms with Gasteiger partial charge in [0.1, 0.15) is 6.04 Å². The highest BCUT2D eigenvalue weighted by molar-refractivity contribution is 7.12. The van der Waals surface area contributed by atoms with E-state index < -0.39 is 11.3 Å². The normalized spacial score (nSPS) is 13.0. The number of nitrogens with two attached hydrogens (primary N) is 1. The Hall–Kier alpha value is -0.380. The summed E-state index contributed by atoms with van der Waals surface area (Å²) in [5.74, 6) is 0. The van der Waals surface area contributed by atoms with Crippen LogP contribution in [0.2, 0.25) is 0 Å². The van der Waals surface area contributed by atoms with Crippen LogP contribution in [0.15, 0.2) is 12.1 Å². The van der Waals surface area contributed by atoms with Gasteiger partial charge in [-0.3, -0.25) is 4.79 Å². The second-order valence-corrected chi connectivity index (χ2v) is 3.92. The van der Waals surface area contributed by atoms with Gasteiger partial charge in [0.2, 0.25) is 5.24 Å². The van der Waals surface area contributed by atoms with Crippen LogP contribution >= 0.6 is 22.9 Å². The molecule has 0 spiro atoms. The number of aryl methyl sites for hydroxylation is 1. The largest absolute Gasteiger partial charge is 0.316 e. The lowest BCUT2D eigenvalue weighted by molar-refractivity contribution is -0.112. The van der Waals surface area contributed by atoms with Gasteiger partial charge in [-0.2, -0.15) is 0 Å². The molecule has 0 saturated heterocycles. The lowest BCUT2D eigenvalue weighted by Crippen LogP contribution is -2.15. The molecule has 1 unspecified atom stereocenters. The van der Waals surface area contributed by atoms with Crippen molar-refractivity contribution in [2.45, 2.75) is 13.0 Å². The van der Waals surface area contributed by atoms with E-state index in [1.54, 1.807) is 0 Å². The average molecular weight is 190 g/mol. The molecule has 0 aliphatic carbocycles. The maximum Gasteiger partial charge on any atom is 0.243 e. The minimum Gasteiger partial charge on any atom is -0.316 e. The van der Waals surface area contributed by atoms with Crippen LogP contribution in [0.5, 0.6) is 0 Å². The minimum absolute atomic E-state index is 0.508. The van der Waals surface area contributed by atoms with Gasteiger partial charge >= 0.3 is 0 Å². The Morgan fingerprint density at radius 1 is 1.73 bits per heavy atom. The third kappa shape index (κ3) is 2.02. The quantitative estimate of drug-likeness (QED) is 0.722. The molecule has 0 radical (unpaired) electrons. The summed E-state index contributed by atoms with van der Waals surface area (Å²) in [5.41, 5.74) is 5.48. The van der Waals surface area contributed by atoms with E-state index in [9.17, 15) is 4.79 Å². The van der Waals surface area contributed by atoms with Crippen LogP contribution in [-0.4, -0.2) is 5.24 Å². The highest BCUT2D eigenvalue weighted by Gasteiger charge is 2.14. The van der Waals surface area contributed by atoms with Gasteiger partial charge in [0.05, 0.1) is 0 Å². The van der Waals surface area contributed by atoms with E-state index in [0.717, 1.165) is 9.75 Å². The first-order chi connectivity index (χ1) is 5.11. The number of halogens is 1. The van der Waals surface area contributed by atoms with Crippen molar-refractivity contribution in [3.05, 3.63) is 21.9 Å². The number of hydrogen-bond donors (Lipinski definition) is 1. The molecule has 0 aliphatic heterocycles.